The van der Waals surface area contributed by atoms with E-state index in [9.17, 15) is 9.59 Å². The summed E-state index contributed by atoms with van der Waals surface area (Å²) in [5.41, 5.74) is 7.36. The monoisotopic (exact) mass is 426 g/mol. The third-order valence-electron chi connectivity index (χ3n) is 3.98. The van der Waals surface area contributed by atoms with Crippen molar-refractivity contribution in [3.63, 3.8) is 0 Å². The van der Waals surface area contributed by atoms with Crippen LogP contribution in [0.25, 0.3) is 0 Å². The van der Waals surface area contributed by atoms with E-state index in [1.165, 1.54) is 0 Å². The molecule has 2 rings (SSSR count). The van der Waals surface area contributed by atoms with E-state index in [4.69, 9.17) is 5.73 Å². The van der Waals surface area contributed by atoms with E-state index in [2.05, 4.69) is 15.6 Å². The molecule has 0 atom stereocenters. The fourth-order valence-electron chi connectivity index (χ4n) is 2.57. The average molecular weight is 427 g/mol. The van der Waals surface area contributed by atoms with Gasteiger partial charge in [-0.25, -0.2) is 0 Å². The van der Waals surface area contributed by atoms with Gasteiger partial charge >= 0.3 is 0 Å². The minimum Gasteiger partial charge on any atom is -0.348 e. The lowest BCUT2D eigenvalue weighted by atomic mass is 10.1. The lowest BCUT2D eigenvalue weighted by Crippen LogP contribution is -2.24. The Kier molecular flexibility index (Phi) is 13.7. The van der Waals surface area contributed by atoms with Gasteiger partial charge in [-0.2, -0.15) is 0 Å². The molecule has 0 unspecified atom stereocenters. The first-order valence-electron chi connectivity index (χ1n) is 8.96. The van der Waals surface area contributed by atoms with E-state index in [0.29, 0.717) is 30.8 Å². The summed E-state index contributed by atoms with van der Waals surface area (Å²) in [6.45, 7) is 1.07. The number of rotatable bonds is 10. The van der Waals surface area contributed by atoms with Crippen LogP contribution in [0.1, 0.15) is 48.0 Å². The molecule has 0 radical (unpaired) electrons. The Morgan fingerprint density at radius 2 is 1.71 bits per heavy atom. The van der Waals surface area contributed by atoms with E-state index < -0.39 is 0 Å². The zero-order valence-corrected chi connectivity index (χ0v) is 17.4. The normalized spacial score (nSPS) is 9.61. The van der Waals surface area contributed by atoms with E-state index in [0.717, 1.165) is 31.2 Å². The Labute approximate surface area is 178 Å². The number of unbranched alkanes of at least 4 members (excludes halogenated alkanes) is 3. The van der Waals surface area contributed by atoms with Gasteiger partial charge in [0.15, 0.2) is 0 Å². The summed E-state index contributed by atoms with van der Waals surface area (Å²) in [7, 11) is 0. The number of aromatic nitrogens is 1. The summed E-state index contributed by atoms with van der Waals surface area (Å²) < 4.78 is 0. The predicted molar refractivity (Wildman–Crippen MR) is 117 cm³/mol. The molecule has 8 heteroatoms. The van der Waals surface area contributed by atoms with Crippen molar-refractivity contribution < 1.29 is 9.59 Å². The Hall–Kier alpha value is -2.15. The minimum atomic E-state index is -0.229. The Morgan fingerprint density at radius 1 is 0.964 bits per heavy atom. The van der Waals surface area contributed by atoms with Crippen molar-refractivity contribution in [1.82, 2.24) is 10.3 Å². The summed E-state index contributed by atoms with van der Waals surface area (Å²) in [4.78, 5) is 28.6. The van der Waals surface area contributed by atoms with Crippen LogP contribution in [0.2, 0.25) is 0 Å². The summed E-state index contributed by atoms with van der Waals surface area (Å²) in [6.07, 6.45) is 7.67. The standard InChI is InChI=1S/C20H26N4O2.2ClH/c21-12-6-2-1-3-11-19(25)24-18-10-5-4-9-17(18)20(26)23-15-16-8-7-13-22-14-16;;/h4-5,7-10,13-14H,1-3,6,11-12,15,21H2,(H,23,26)(H,24,25);2*1H. The molecule has 0 spiro atoms. The zero-order chi connectivity index (χ0) is 18.6. The molecule has 0 aliphatic heterocycles. The highest BCUT2D eigenvalue weighted by Crippen LogP contribution is 2.16. The van der Waals surface area contributed by atoms with Gasteiger partial charge in [0.1, 0.15) is 0 Å². The fourth-order valence-corrected chi connectivity index (χ4v) is 2.57. The molecular weight excluding hydrogens is 399 g/mol. The van der Waals surface area contributed by atoms with Crippen LogP contribution in [0.5, 0.6) is 0 Å². The van der Waals surface area contributed by atoms with Crippen LogP contribution < -0.4 is 16.4 Å². The van der Waals surface area contributed by atoms with Crippen molar-refractivity contribution in [2.24, 2.45) is 5.73 Å². The molecule has 0 fully saturated rings. The van der Waals surface area contributed by atoms with Gasteiger partial charge in [-0.3, -0.25) is 14.6 Å². The van der Waals surface area contributed by atoms with Crippen LogP contribution in [0, 0.1) is 0 Å². The summed E-state index contributed by atoms with van der Waals surface area (Å²) in [6, 6.07) is 10.7. The first-order valence-corrected chi connectivity index (χ1v) is 8.96. The van der Waals surface area contributed by atoms with Gasteiger partial charge in [0.2, 0.25) is 5.91 Å². The summed E-state index contributed by atoms with van der Waals surface area (Å²) in [5.74, 6) is -0.307. The van der Waals surface area contributed by atoms with Crippen LogP contribution in [-0.2, 0) is 11.3 Å². The van der Waals surface area contributed by atoms with E-state index in [-0.39, 0.29) is 36.6 Å². The topological polar surface area (TPSA) is 97.1 Å². The van der Waals surface area contributed by atoms with Crippen LogP contribution in [0.4, 0.5) is 5.69 Å². The average Bonchev–Trinajstić information content (AvgIpc) is 2.67. The Morgan fingerprint density at radius 3 is 2.43 bits per heavy atom. The smallest absolute Gasteiger partial charge is 0.253 e. The van der Waals surface area contributed by atoms with Crippen molar-refractivity contribution in [2.75, 3.05) is 11.9 Å². The molecule has 1 aromatic carbocycles. The lowest BCUT2D eigenvalue weighted by Gasteiger charge is -2.11. The van der Waals surface area contributed by atoms with Crippen molar-refractivity contribution in [2.45, 2.75) is 38.6 Å². The number of nitrogens with two attached hydrogens (primary N) is 1. The maximum absolute atomic E-state index is 12.5. The van der Waals surface area contributed by atoms with Gasteiger partial charge < -0.3 is 16.4 Å². The Bertz CT molecular complexity index is 714. The minimum absolute atomic E-state index is 0. The van der Waals surface area contributed by atoms with Crippen LogP contribution in [0.15, 0.2) is 48.8 Å². The molecule has 0 saturated carbocycles. The molecule has 4 N–H and O–H groups in total. The van der Waals surface area contributed by atoms with Crippen LogP contribution in [0.3, 0.4) is 0 Å². The highest BCUT2D eigenvalue weighted by Gasteiger charge is 2.12. The van der Waals surface area contributed by atoms with Crippen molar-refractivity contribution in [3.05, 3.63) is 59.9 Å². The SMILES string of the molecule is Cl.Cl.NCCCCCCC(=O)Nc1ccccc1C(=O)NCc1cccnc1. The molecule has 1 aromatic heterocycles. The largest absolute Gasteiger partial charge is 0.348 e. The summed E-state index contributed by atoms with van der Waals surface area (Å²) >= 11 is 0. The molecule has 0 bridgehead atoms. The molecule has 1 heterocycles. The van der Waals surface area contributed by atoms with Gasteiger partial charge in [0.25, 0.3) is 5.91 Å². The number of nitrogens with one attached hydrogen (secondary N) is 2. The number of amides is 2. The number of pyridine rings is 1. The lowest BCUT2D eigenvalue weighted by molar-refractivity contribution is -0.116. The maximum Gasteiger partial charge on any atom is 0.253 e. The first-order chi connectivity index (χ1) is 12.7. The quantitative estimate of drug-likeness (QED) is 0.504. The number of benzene rings is 1. The Balaban J connectivity index is 0.00000364. The highest BCUT2D eigenvalue weighted by atomic mass is 35.5. The van der Waals surface area contributed by atoms with E-state index >= 15 is 0 Å². The third kappa shape index (κ3) is 9.17. The van der Waals surface area contributed by atoms with Crippen molar-refractivity contribution in [3.8, 4) is 0 Å². The van der Waals surface area contributed by atoms with Gasteiger partial charge in [-0.15, -0.1) is 24.8 Å². The maximum atomic E-state index is 12.5. The first kappa shape index (κ1) is 25.9. The van der Waals surface area contributed by atoms with Crippen LogP contribution in [-0.4, -0.2) is 23.3 Å². The van der Waals surface area contributed by atoms with Gasteiger partial charge in [0, 0.05) is 25.4 Å². The molecule has 0 aliphatic rings. The number of carbonyl (C=O) groups excluding carboxylic acids is 2. The third-order valence-corrected chi connectivity index (χ3v) is 3.98. The number of hydrogen-bond acceptors (Lipinski definition) is 4. The molecule has 0 aliphatic carbocycles. The van der Waals surface area contributed by atoms with Gasteiger partial charge in [0.05, 0.1) is 11.3 Å². The second kappa shape index (κ2) is 14.9. The van der Waals surface area contributed by atoms with Gasteiger partial charge in [-0.1, -0.05) is 31.0 Å². The molecular formula is C20H28Cl2N4O2. The molecule has 6 nitrogen and oxygen atoms in total. The number of para-hydroxylation sites is 1. The number of halogens is 2. The fraction of sp³-hybridized carbons (Fsp3) is 0.350. The second-order valence-electron chi connectivity index (χ2n) is 6.09. The summed E-state index contributed by atoms with van der Waals surface area (Å²) in [5, 5.41) is 5.70. The second-order valence-corrected chi connectivity index (χ2v) is 6.09. The predicted octanol–water partition coefficient (Wildman–Crippen LogP) is 3.70. The molecule has 2 aromatic rings. The molecule has 2 amide bonds. The molecule has 154 valence electrons. The number of anilines is 1. The van der Waals surface area contributed by atoms with Crippen molar-refractivity contribution in [1.29, 1.82) is 0 Å². The van der Waals surface area contributed by atoms with Gasteiger partial charge in [-0.05, 0) is 43.1 Å². The van der Waals surface area contributed by atoms with E-state index in [1.807, 2.05) is 12.1 Å². The highest BCUT2D eigenvalue weighted by molar-refractivity contribution is 6.03. The van der Waals surface area contributed by atoms with E-state index in [1.54, 1.807) is 36.7 Å². The zero-order valence-electron chi connectivity index (χ0n) is 15.7. The number of carbonyl (C=O) groups is 2. The van der Waals surface area contributed by atoms with Crippen LogP contribution >= 0.6 is 24.8 Å². The van der Waals surface area contributed by atoms with Crippen molar-refractivity contribution >= 4 is 42.3 Å². The number of hydrogen-bond donors (Lipinski definition) is 3. The molecule has 28 heavy (non-hydrogen) atoms. The number of nitrogens with zero attached hydrogens (tertiary/aromatic N) is 1. The molecule has 0 saturated heterocycles.